The number of carbonyl (C=O) groups excluding carboxylic acids is 1. The average molecular weight is 169 g/mol. The molecule has 0 N–H and O–H groups in total. The summed E-state index contributed by atoms with van der Waals surface area (Å²) in [6.07, 6.45) is 4.82. The Kier molecular flexibility index (Phi) is 2.89. The van der Waals surface area contributed by atoms with Crippen molar-refractivity contribution in [2.24, 2.45) is 5.41 Å². The molecular weight excluding hydrogens is 150 g/mol. The third-order valence-corrected chi connectivity index (χ3v) is 2.93. The molecule has 1 unspecified atom stereocenters. The second-order valence-electron chi connectivity index (χ2n) is 4.43. The van der Waals surface area contributed by atoms with E-state index in [1.54, 1.807) is 0 Å². The molecule has 0 aromatic rings. The zero-order chi connectivity index (χ0) is 9.19. The summed E-state index contributed by atoms with van der Waals surface area (Å²) >= 11 is 0. The first-order valence-corrected chi connectivity index (χ1v) is 4.74. The predicted molar refractivity (Wildman–Crippen MR) is 50.1 cm³/mol. The van der Waals surface area contributed by atoms with Crippen molar-refractivity contribution in [3.63, 3.8) is 0 Å². The molecule has 1 saturated heterocycles. The summed E-state index contributed by atoms with van der Waals surface area (Å²) in [4.78, 5) is 13.2. The first-order chi connectivity index (χ1) is 5.58. The van der Waals surface area contributed by atoms with Gasteiger partial charge in [-0.3, -0.25) is 0 Å². The minimum Gasteiger partial charge on any atom is -0.303 e. The number of hydrogen-bond donors (Lipinski definition) is 0. The highest BCUT2D eigenvalue weighted by atomic mass is 16.1. The van der Waals surface area contributed by atoms with Crippen molar-refractivity contribution >= 4 is 6.29 Å². The Labute approximate surface area is 74.9 Å². The molecule has 0 amide bonds. The van der Waals surface area contributed by atoms with Gasteiger partial charge in [0.1, 0.15) is 6.29 Å². The number of likely N-dealkylation sites (tertiary alicyclic amines) is 1. The molecule has 1 aliphatic heterocycles. The van der Waals surface area contributed by atoms with E-state index in [0.29, 0.717) is 6.04 Å². The molecule has 1 rings (SSSR count). The second-order valence-corrected chi connectivity index (χ2v) is 4.43. The molecule has 0 aromatic heterocycles. The van der Waals surface area contributed by atoms with Crippen LogP contribution in [0.5, 0.6) is 0 Å². The Bertz CT molecular complexity index is 165. The maximum atomic E-state index is 10.8. The van der Waals surface area contributed by atoms with Crippen LogP contribution in [-0.2, 0) is 4.79 Å². The van der Waals surface area contributed by atoms with Gasteiger partial charge in [0, 0.05) is 11.5 Å². The lowest BCUT2D eigenvalue weighted by Gasteiger charge is -2.40. The first kappa shape index (κ1) is 9.72. The van der Waals surface area contributed by atoms with Crippen molar-refractivity contribution in [2.45, 2.75) is 39.2 Å². The third-order valence-electron chi connectivity index (χ3n) is 2.93. The molecule has 2 nitrogen and oxygen atoms in total. The van der Waals surface area contributed by atoms with E-state index in [4.69, 9.17) is 0 Å². The van der Waals surface area contributed by atoms with E-state index < -0.39 is 0 Å². The van der Waals surface area contributed by atoms with Crippen LogP contribution in [0.3, 0.4) is 0 Å². The van der Waals surface area contributed by atoms with Crippen LogP contribution in [0.2, 0.25) is 0 Å². The van der Waals surface area contributed by atoms with Gasteiger partial charge in [0.15, 0.2) is 0 Å². The van der Waals surface area contributed by atoms with Gasteiger partial charge < -0.3 is 9.69 Å². The number of nitrogens with zero attached hydrogens (tertiary/aromatic N) is 1. The standard InChI is InChI=1S/C10H19NO/c1-10(2,8-12)9-6-4-5-7-11(9)3/h8-9H,4-7H2,1-3H3. The summed E-state index contributed by atoms with van der Waals surface area (Å²) in [5.41, 5.74) is -0.171. The summed E-state index contributed by atoms with van der Waals surface area (Å²) in [6.45, 7) is 5.21. The van der Waals surface area contributed by atoms with E-state index in [1.165, 1.54) is 19.3 Å². The molecule has 0 aromatic carbocycles. The minimum absolute atomic E-state index is 0.171. The molecule has 0 saturated carbocycles. The lowest BCUT2D eigenvalue weighted by molar-refractivity contribution is -0.118. The molecule has 1 aliphatic rings. The summed E-state index contributed by atoms with van der Waals surface area (Å²) < 4.78 is 0. The number of carbonyl (C=O) groups is 1. The Morgan fingerprint density at radius 3 is 2.58 bits per heavy atom. The van der Waals surface area contributed by atoms with Gasteiger partial charge in [0.2, 0.25) is 0 Å². The van der Waals surface area contributed by atoms with Crippen molar-refractivity contribution in [1.82, 2.24) is 4.90 Å². The van der Waals surface area contributed by atoms with E-state index in [-0.39, 0.29) is 5.41 Å². The van der Waals surface area contributed by atoms with E-state index >= 15 is 0 Å². The lowest BCUT2D eigenvalue weighted by atomic mass is 9.80. The van der Waals surface area contributed by atoms with Crippen LogP contribution >= 0.6 is 0 Å². The van der Waals surface area contributed by atoms with Crippen LogP contribution in [0.4, 0.5) is 0 Å². The predicted octanol–water partition coefficient (Wildman–Crippen LogP) is 1.70. The Hall–Kier alpha value is -0.370. The van der Waals surface area contributed by atoms with Gasteiger partial charge >= 0.3 is 0 Å². The molecule has 1 fully saturated rings. The molecule has 12 heavy (non-hydrogen) atoms. The van der Waals surface area contributed by atoms with Gasteiger partial charge in [0.25, 0.3) is 0 Å². The van der Waals surface area contributed by atoms with Crippen molar-refractivity contribution in [3.8, 4) is 0 Å². The Morgan fingerprint density at radius 2 is 2.08 bits per heavy atom. The zero-order valence-electron chi connectivity index (χ0n) is 8.34. The quantitative estimate of drug-likeness (QED) is 0.586. The monoisotopic (exact) mass is 169 g/mol. The zero-order valence-corrected chi connectivity index (χ0v) is 8.34. The highest BCUT2D eigenvalue weighted by molar-refractivity contribution is 5.59. The van der Waals surface area contributed by atoms with Crippen molar-refractivity contribution in [1.29, 1.82) is 0 Å². The van der Waals surface area contributed by atoms with E-state index in [9.17, 15) is 4.79 Å². The molecule has 2 heteroatoms. The maximum Gasteiger partial charge on any atom is 0.127 e. The molecule has 0 radical (unpaired) electrons. The normalized spacial score (nSPS) is 27.1. The lowest BCUT2D eigenvalue weighted by Crippen LogP contribution is -2.46. The SMILES string of the molecule is CN1CCCCC1C(C)(C)C=O. The Balaban J connectivity index is 2.64. The fourth-order valence-corrected chi connectivity index (χ4v) is 2.09. The molecule has 1 heterocycles. The fraction of sp³-hybridized carbons (Fsp3) is 0.900. The van der Waals surface area contributed by atoms with Crippen LogP contribution in [0.15, 0.2) is 0 Å². The van der Waals surface area contributed by atoms with Gasteiger partial charge in [-0.1, -0.05) is 20.3 Å². The van der Waals surface area contributed by atoms with Gasteiger partial charge in [-0.2, -0.15) is 0 Å². The van der Waals surface area contributed by atoms with Crippen LogP contribution in [-0.4, -0.2) is 30.8 Å². The van der Waals surface area contributed by atoms with Gasteiger partial charge in [-0.15, -0.1) is 0 Å². The Morgan fingerprint density at radius 1 is 1.42 bits per heavy atom. The van der Waals surface area contributed by atoms with E-state index in [0.717, 1.165) is 12.8 Å². The average Bonchev–Trinajstić information content (AvgIpc) is 2.05. The topological polar surface area (TPSA) is 20.3 Å². The smallest absolute Gasteiger partial charge is 0.127 e. The van der Waals surface area contributed by atoms with Crippen LogP contribution < -0.4 is 0 Å². The molecule has 1 atom stereocenters. The van der Waals surface area contributed by atoms with Crippen molar-refractivity contribution < 1.29 is 4.79 Å². The number of piperidine rings is 1. The van der Waals surface area contributed by atoms with E-state index in [2.05, 4.69) is 11.9 Å². The van der Waals surface area contributed by atoms with Crippen LogP contribution in [0.1, 0.15) is 33.1 Å². The summed E-state index contributed by atoms with van der Waals surface area (Å²) in [6, 6.07) is 0.448. The highest BCUT2D eigenvalue weighted by Gasteiger charge is 2.33. The number of hydrogen-bond acceptors (Lipinski definition) is 2. The molecule has 0 spiro atoms. The van der Waals surface area contributed by atoms with Crippen molar-refractivity contribution in [2.75, 3.05) is 13.6 Å². The van der Waals surface area contributed by atoms with Crippen LogP contribution in [0, 0.1) is 5.41 Å². The molecular formula is C10H19NO. The first-order valence-electron chi connectivity index (χ1n) is 4.74. The van der Waals surface area contributed by atoms with E-state index in [1.807, 2.05) is 13.8 Å². The van der Waals surface area contributed by atoms with Crippen molar-refractivity contribution in [3.05, 3.63) is 0 Å². The molecule has 0 aliphatic carbocycles. The summed E-state index contributed by atoms with van der Waals surface area (Å²) in [7, 11) is 2.12. The maximum absolute atomic E-state index is 10.8. The van der Waals surface area contributed by atoms with Gasteiger partial charge in [0.05, 0.1) is 0 Å². The molecule has 70 valence electrons. The van der Waals surface area contributed by atoms with Gasteiger partial charge in [-0.05, 0) is 26.4 Å². The minimum atomic E-state index is -0.171. The summed E-state index contributed by atoms with van der Waals surface area (Å²) in [5.74, 6) is 0. The molecule has 0 bridgehead atoms. The number of rotatable bonds is 2. The second kappa shape index (κ2) is 3.56. The third kappa shape index (κ3) is 1.86. The van der Waals surface area contributed by atoms with Gasteiger partial charge in [-0.25, -0.2) is 0 Å². The van der Waals surface area contributed by atoms with Crippen LogP contribution in [0.25, 0.3) is 0 Å². The highest BCUT2D eigenvalue weighted by Crippen LogP contribution is 2.29. The largest absolute Gasteiger partial charge is 0.303 e. The summed E-state index contributed by atoms with van der Waals surface area (Å²) in [5, 5.41) is 0. The fourth-order valence-electron chi connectivity index (χ4n) is 2.09. The number of aldehydes is 1.